The number of carbonyl (C=O) groups excluding carboxylic acids is 2. The number of unbranched alkanes of at least 4 members (excludes halogenated alkanes) is 1. The zero-order chi connectivity index (χ0) is 22.9. The Hall–Kier alpha value is -2.28. The molecule has 1 heterocycles. The number of thioether (sulfide) groups is 1. The van der Waals surface area contributed by atoms with E-state index in [9.17, 15) is 9.59 Å². The molecular weight excluding hydrogens is 442 g/mol. The fourth-order valence-corrected chi connectivity index (χ4v) is 4.74. The maximum Gasteiger partial charge on any atom is 0.265 e. The van der Waals surface area contributed by atoms with Crippen LogP contribution in [0.15, 0.2) is 58.3 Å². The van der Waals surface area contributed by atoms with Gasteiger partial charge in [0.1, 0.15) is 6.54 Å². The first-order valence-electron chi connectivity index (χ1n) is 11.0. The lowest BCUT2D eigenvalue weighted by atomic mass is 10.2. The van der Waals surface area contributed by atoms with Gasteiger partial charge < -0.3 is 10.2 Å². The summed E-state index contributed by atoms with van der Waals surface area (Å²) in [5.41, 5.74) is 1.62. The van der Waals surface area contributed by atoms with Crippen LogP contribution < -0.4 is 10.2 Å². The zero-order valence-electron chi connectivity index (χ0n) is 18.6. The van der Waals surface area contributed by atoms with E-state index in [0.717, 1.165) is 35.7 Å². The van der Waals surface area contributed by atoms with Crippen LogP contribution >= 0.6 is 23.4 Å². The average Bonchev–Trinajstić information content (AvgIpc) is 2.78. The fraction of sp³-hybridized carbons (Fsp3) is 0.360. The van der Waals surface area contributed by atoms with Crippen molar-refractivity contribution in [3.05, 3.63) is 64.0 Å². The Morgan fingerprint density at radius 2 is 1.94 bits per heavy atom. The highest BCUT2D eigenvalue weighted by Gasteiger charge is 2.30. The molecule has 1 N–H and O–H groups in total. The van der Waals surface area contributed by atoms with E-state index >= 15 is 0 Å². The Balaban J connectivity index is 1.65. The third kappa shape index (κ3) is 6.86. The van der Waals surface area contributed by atoms with Gasteiger partial charge in [0.25, 0.3) is 5.91 Å². The second-order valence-corrected chi connectivity index (χ2v) is 9.41. The minimum Gasteiger partial charge on any atom is -0.355 e. The molecule has 0 spiro atoms. The molecule has 2 aromatic rings. The van der Waals surface area contributed by atoms with Crippen molar-refractivity contribution in [2.24, 2.45) is 0 Å². The lowest BCUT2D eigenvalue weighted by molar-refractivity contribution is -0.122. The maximum absolute atomic E-state index is 13.2. The summed E-state index contributed by atoms with van der Waals surface area (Å²) in [6.07, 6.45) is 5.07. The van der Waals surface area contributed by atoms with Crippen LogP contribution in [0.1, 0.15) is 31.7 Å². The fourth-order valence-electron chi connectivity index (χ4n) is 3.48. The van der Waals surface area contributed by atoms with Gasteiger partial charge in [-0.05, 0) is 68.9 Å². The Morgan fingerprint density at radius 1 is 1.16 bits per heavy atom. The van der Waals surface area contributed by atoms with Crippen molar-refractivity contribution in [1.82, 2.24) is 10.2 Å². The smallest absolute Gasteiger partial charge is 0.265 e. The van der Waals surface area contributed by atoms with Crippen molar-refractivity contribution in [1.29, 1.82) is 0 Å². The van der Waals surface area contributed by atoms with Crippen molar-refractivity contribution in [3.8, 4) is 0 Å². The van der Waals surface area contributed by atoms with Gasteiger partial charge in [-0.2, -0.15) is 0 Å². The zero-order valence-corrected chi connectivity index (χ0v) is 20.2. The van der Waals surface area contributed by atoms with Gasteiger partial charge in [0.15, 0.2) is 0 Å². The minimum atomic E-state index is -0.178. The number of hydrogen-bond donors (Lipinski definition) is 1. The molecule has 7 heteroatoms. The van der Waals surface area contributed by atoms with Crippen LogP contribution in [0, 0.1) is 0 Å². The van der Waals surface area contributed by atoms with Gasteiger partial charge in [0.05, 0.1) is 10.6 Å². The van der Waals surface area contributed by atoms with Crippen molar-refractivity contribution in [2.75, 3.05) is 38.1 Å². The topological polar surface area (TPSA) is 52.7 Å². The molecule has 170 valence electrons. The van der Waals surface area contributed by atoms with Crippen molar-refractivity contribution >= 4 is 46.9 Å². The van der Waals surface area contributed by atoms with Gasteiger partial charge in [-0.1, -0.05) is 61.0 Å². The average molecular weight is 472 g/mol. The molecule has 2 aromatic carbocycles. The van der Waals surface area contributed by atoms with Crippen LogP contribution in [0.2, 0.25) is 5.02 Å². The molecule has 0 unspecified atom stereocenters. The summed E-state index contributed by atoms with van der Waals surface area (Å²) in [5.74, 6) is -0.332. The lowest BCUT2D eigenvalue weighted by Gasteiger charge is -2.29. The molecule has 5 nitrogen and oxygen atoms in total. The normalized spacial score (nSPS) is 14.7. The minimum absolute atomic E-state index is 0.00499. The third-order valence-electron chi connectivity index (χ3n) is 5.21. The van der Waals surface area contributed by atoms with Gasteiger partial charge >= 0.3 is 0 Å². The van der Waals surface area contributed by atoms with Crippen molar-refractivity contribution in [2.45, 2.75) is 31.1 Å². The second-order valence-electron chi connectivity index (χ2n) is 7.89. The molecule has 1 aliphatic rings. The number of benzene rings is 2. The highest BCUT2D eigenvalue weighted by atomic mass is 35.5. The number of hydrogen-bond acceptors (Lipinski definition) is 4. The summed E-state index contributed by atoms with van der Waals surface area (Å²) in [7, 11) is 2.10. The van der Waals surface area contributed by atoms with E-state index in [1.807, 2.05) is 48.5 Å². The molecule has 0 fully saturated rings. The summed E-state index contributed by atoms with van der Waals surface area (Å²) < 4.78 is 0. The molecular formula is C25H30ClN3O2S. The Kier molecular flexibility index (Phi) is 9.21. The molecule has 0 aliphatic carbocycles. The molecule has 32 heavy (non-hydrogen) atoms. The Morgan fingerprint density at radius 3 is 2.72 bits per heavy atom. The van der Waals surface area contributed by atoms with Gasteiger partial charge in [-0.25, -0.2) is 0 Å². The van der Waals surface area contributed by atoms with Gasteiger partial charge in [-0.3, -0.25) is 14.5 Å². The predicted molar refractivity (Wildman–Crippen MR) is 134 cm³/mol. The van der Waals surface area contributed by atoms with E-state index in [4.69, 9.17) is 11.6 Å². The number of nitrogens with zero attached hydrogens (tertiary/aromatic N) is 2. The molecule has 0 radical (unpaired) electrons. The number of amides is 2. The molecule has 0 bridgehead atoms. The van der Waals surface area contributed by atoms with E-state index in [-0.39, 0.29) is 18.4 Å². The molecule has 0 saturated heterocycles. The number of carbonyl (C=O) groups is 2. The molecule has 3 rings (SSSR count). The van der Waals surface area contributed by atoms with E-state index < -0.39 is 0 Å². The standard InChI is InChI=1S/C25H30ClN3O2S/c1-3-4-14-28(2)15-8-13-27-24(30)18-29-21-11-5-6-12-22(21)32-23(25(29)31)17-19-9-7-10-20(26)16-19/h5-7,9-12,16-17H,3-4,8,13-15,18H2,1-2H3,(H,27,30)/b23-17+. The second kappa shape index (κ2) is 12.1. The lowest BCUT2D eigenvalue weighted by Crippen LogP contribution is -2.43. The molecule has 2 amide bonds. The van der Waals surface area contributed by atoms with Crippen LogP contribution in [-0.4, -0.2) is 49.9 Å². The highest BCUT2D eigenvalue weighted by Crippen LogP contribution is 2.41. The monoisotopic (exact) mass is 471 g/mol. The largest absolute Gasteiger partial charge is 0.355 e. The van der Waals surface area contributed by atoms with Crippen LogP contribution in [0.25, 0.3) is 6.08 Å². The molecule has 0 saturated carbocycles. The molecule has 0 atom stereocenters. The van der Waals surface area contributed by atoms with Crippen LogP contribution in [-0.2, 0) is 9.59 Å². The van der Waals surface area contributed by atoms with Crippen molar-refractivity contribution < 1.29 is 9.59 Å². The third-order valence-corrected chi connectivity index (χ3v) is 6.52. The maximum atomic E-state index is 13.2. The van der Waals surface area contributed by atoms with E-state index in [0.29, 0.717) is 16.5 Å². The summed E-state index contributed by atoms with van der Waals surface area (Å²) in [6, 6.07) is 15.0. The van der Waals surface area contributed by atoms with Gasteiger partial charge in [0.2, 0.25) is 5.91 Å². The highest BCUT2D eigenvalue weighted by molar-refractivity contribution is 8.04. The number of nitrogens with one attached hydrogen (secondary N) is 1. The number of anilines is 1. The molecule has 0 aromatic heterocycles. The Labute approximate surface area is 199 Å². The van der Waals surface area contributed by atoms with E-state index in [1.54, 1.807) is 11.0 Å². The van der Waals surface area contributed by atoms with E-state index in [2.05, 4.69) is 24.2 Å². The number of halogens is 1. The summed E-state index contributed by atoms with van der Waals surface area (Å²) in [4.78, 5) is 31.2. The number of rotatable bonds is 10. The van der Waals surface area contributed by atoms with Crippen molar-refractivity contribution in [3.63, 3.8) is 0 Å². The number of para-hydroxylation sites is 1. The first kappa shape index (κ1) is 24.4. The van der Waals surface area contributed by atoms with Gasteiger partial charge in [0, 0.05) is 16.5 Å². The van der Waals surface area contributed by atoms with Crippen LogP contribution in [0.5, 0.6) is 0 Å². The quantitative estimate of drug-likeness (QED) is 0.389. The SMILES string of the molecule is CCCCN(C)CCCNC(=O)CN1C(=O)/C(=C\c2cccc(Cl)c2)Sc2ccccc21. The van der Waals surface area contributed by atoms with E-state index in [1.165, 1.54) is 24.6 Å². The van der Waals surface area contributed by atoms with Crippen LogP contribution in [0.4, 0.5) is 5.69 Å². The summed E-state index contributed by atoms with van der Waals surface area (Å²) in [6.45, 7) is 4.79. The van der Waals surface area contributed by atoms with Gasteiger partial charge in [-0.15, -0.1) is 0 Å². The predicted octanol–water partition coefficient (Wildman–Crippen LogP) is 5.06. The van der Waals surface area contributed by atoms with Crippen LogP contribution in [0.3, 0.4) is 0 Å². The Bertz CT molecular complexity index is 979. The number of fused-ring (bicyclic) bond motifs is 1. The molecule has 1 aliphatic heterocycles. The first-order valence-corrected chi connectivity index (χ1v) is 12.2. The summed E-state index contributed by atoms with van der Waals surface area (Å²) in [5, 5.41) is 3.58. The first-order chi connectivity index (χ1) is 15.5. The summed E-state index contributed by atoms with van der Waals surface area (Å²) >= 11 is 7.51.